The Bertz CT molecular complexity index is 1530. The number of rotatable bonds is 7. The van der Waals surface area contributed by atoms with Crippen molar-refractivity contribution in [2.24, 2.45) is 0 Å². The summed E-state index contributed by atoms with van der Waals surface area (Å²) >= 11 is 6.17. The van der Waals surface area contributed by atoms with Gasteiger partial charge in [0.05, 0.1) is 7.11 Å². The highest BCUT2D eigenvalue weighted by Crippen LogP contribution is 2.45. The summed E-state index contributed by atoms with van der Waals surface area (Å²) in [6.07, 6.45) is 0.636. The summed E-state index contributed by atoms with van der Waals surface area (Å²) in [5.41, 5.74) is 4.53. The molecule has 0 bridgehead atoms. The number of esters is 1. The fraction of sp³-hybridized carbons (Fsp3) is 0.167. The molecule has 0 spiro atoms. The van der Waals surface area contributed by atoms with Crippen LogP contribution in [0, 0.1) is 0 Å². The molecule has 1 aromatic heterocycles. The zero-order valence-corrected chi connectivity index (χ0v) is 21.3. The van der Waals surface area contributed by atoms with Gasteiger partial charge in [0.2, 0.25) is 0 Å². The lowest BCUT2D eigenvalue weighted by molar-refractivity contribution is -0.140. The van der Waals surface area contributed by atoms with Crippen LogP contribution < -0.4 is 0 Å². The van der Waals surface area contributed by atoms with Gasteiger partial charge in [-0.3, -0.25) is 4.79 Å². The number of aryl methyl sites for hydroxylation is 1. The average Bonchev–Trinajstić information content (AvgIpc) is 3.35. The van der Waals surface area contributed by atoms with E-state index in [4.69, 9.17) is 16.3 Å². The third kappa shape index (κ3) is 4.68. The van der Waals surface area contributed by atoms with Crippen molar-refractivity contribution >= 4 is 28.6 Å². The summed E-state index contributed by atoms with van der Waals surface area (Å²) in [5, 5.41) is 21.6. The van der Waals surface area contributed by atoms with Gasteiger partial charge in [0.25, 0.3) is 0 Å². The molecule has 1 N–H and O–H groups in total. The minimum Gasteiger partial charge on any atom is -0.505 e. The van der Waals surface area contributed by atoms with Crippen molar-refractivity contribution in [2.45, 2.75) is 25.2 Å². The second kappa shape index (κ2) is 10.1. The Morgan fingerprint density at radius 3 is 2.16 bits per heavy atom. The highest BCUT2D eigenvalue weighted by atomic mass is 35.5. The van der Waals surface area contributed by atoms with E-state index in [1.54, 1.807) is 18.2 Å². The zero-order chi connectivity index (χ0) is 26.0. The lowest BCUT2D eigenvalue weighted by Crippen LogP contribution is -2.26. The Labute approximate surface area is 220 Å². The number of phenolic OH excluding ortho intramolecular Hbond substituents is 1. The van der Waals surface area contributed by atoms with Gasteiger partial charge in [-0.2, -0.15) is 0 Å². The van der Waals surface area contributed by atoms with Crippen LogP contribution in [-0.4, -0.2) is 33.2 Å². The monoisotopic (exact) mass is 511 g/mol. The third-order valence-electron chi connectivity index (χ3n) is 6.79. The number of nitrogens with zero attached hydrogens (tertiary/aromatic N) is 3. The van der Waals surface area contributed by atoms with Crippen molar-refractivity contribution in [2.75, 3.05) is 7.11 Å². The lowest BCUT2D eigenvalue weighted by Gasteiger charge is -2.33. The molecule has 1 heterocycles. The van der Waals surface area contributed by atoms with Crippen molar-refractivity contribution in [3.8, 4) is 11.4 Å². The molecule has 7 heteroatoms. The maximum Gasteiger partial charge on any atom is 0.305 e. The first-order chi connectivity index (χ1) is 17.9. The van der Waals surface area contributed by atoms with Crippen LogP contribution in [0.4, 0.5) is 0 Å². The number of halogens is 1. The number of phenols is 1. The second-order valence-corrected chi connectivity index (χ2v) is 9.50. The first-order valence-corrected chi connectivity index (χ1v) is 12.3. The molecule has 0 saturated carbocycles. The summed E-state index contributed by atoms with van der Waals surface area (Å²) in [6.45, 7) is 2.09. The van der Waals surface area contributed by atoms with Crippen LogP contribution in [0.2, 0.25) is 5.02 Å². The van der Waals surface area contributed by atoms with Gasteiger partial charge in [0.15, 0.2) is 0 Å². The molecule has 186 valence electrons. The Balaban J connectivity index is 1.76. The molecule has 0 radical (unpaired) electrons. The molecule has 5 aromatic rings. The van der Waals surface area contributed by atoms with E-state index in [9.17, 15) is 9.90 Å². The van der Waals surface area contributed by atoms with Gasteiger partial charge in [-0.25, -0.2) is 0 Å². The van der Waals surface area contributed by atoms with Crippen LogP contribution in [-0.2, 0) is 21.4 Å². The molecule has 0 aliphatic heterocycles. The minimum atomic E-state index is -0.710. The van der Waals surface area contributed by atoms with Crippen LogP contribution in [0.15, 0.2) is 91.0 Å². The summed E-state index contributed by atoms with van der Waals surface area (Å²) in [5.74, 6) is -0.244. The summed E-state index contributed by atoms with van der Waals surface area (Å²) < 4.78 is 4.87. The highest BCUT2D eigenvalue weighted by molar-refractivity contribution is 6.31. The quantitative estimate of drug-likeness (QED) is 0.207. The van der Waals surface area contributed by atoms with Crippen LogP contribution in [0.25, 0.3) is 16.7 Å². The molecule has 6 nitrogen and oxygen atoms in total. The number of carbonyl (C=O) groups is 1. The maximum absolute atomic E-state index is 12.0. The van der Waals surface area contributed by atoms with Crippen LogP contribution in [0.1, 0.15) is 35.6 Å². The molecule has 0 fully saturated rings. The predicted octanol–water partition coefficient (Wildman–Crippen LogP) is 6.24. The molecule has 0 aliphatic rings. The fourth-order valence-electron chi connectivity index (χ4n) is 4.72. The molecule has 0 aliphatic carbocycles. The topological polar surface area (TPSA) is 77.2 Å². The molecule has 4 aromatic carbocycles. The molecule has 5 rings (SSSR count). The van der Waals surface area contributed by atoms with E-state index >= 15 is 0 Å². The average molecular weight is 512 g/mol. The molecule has 0 amide bonds. The van der Waals surface area contributed by atoms with Crippen molar-refractivity contribution in [1.82, 2.24) is 15.0 Å². The number of benzene rings is 4. The smallest absolute Gasteiger partial charge is 0.305 e. The van der Waals surface area contributed by atoms with Gasteiger partial charge in [-0.15, -0.1) is 15.0 Å². The molecule has 0 unspecified atom stereocenters. The SMILES string of the molecule is COC(=O)CCc1cc(-n2nc3ccc(Cl)cc3n2)c(O)c(C(C)(c2ccccc2)c2ccccc2)c1. The largest absolute Gasteiger partial charge is 0.505 e. The molecular weight excluding hydrogens is 486 g/mol. The van der Waals surface area contributed by atoms with Gasteiger partial charge < -0.3 is 9.84 Å². The number of methoxy groups -OCH3 is 1. The van der Waals surface area contributed by atoms with E-state index in [1.165, 1.54) is 11.9 Å². The van der Waals surface area contributed by atoms with Gasteiger partial charge in [0.1, 0.15) is 22.5 Å². The molecule has 37 heavy (non-hydrogen) atoms. The number of ether oxygens (including phenoxy) is 1. The molecule has 0 atom stereocenters. The minimum absolute atomic E-state index is 0.0587. The first-order valence-electron chi connectivity index (χ1n) is 12.0. The lowest BCUT2D eigenvalue weighted by atomic mass is 9.70. The summed E-state index contributed by atoms with van der Waals surface area (Å²) in [4.78, 5) is 13.4. The van der Waals surface area contributed by atoms with Gasteiger partial charge in [-0.1, -0.05) is 78.3 Å². The number of aromatic nitrogens is 3. The van der Waals surface area contributed by atoms with Gasteiger partial charge in [-0.05, 0) is 54.3 Å². The van der Waals surface area contributed by atoms with E-state index in [2.05, 4.69) is 41.4 Å². The summed E-state index contributed by atoms with van der Waals surface area (Å²) in [6, 6.07) is 29.1. The number of hydrogen-bond donors (Lipinski definition) is 1. The number of carbonyl (C=O) groups excluding carboxylic acids is 1. The van der Waals surface area contributed by atoms with Crippen LogP contribution >= 0.6 is 11.6 Å². The maximum atomic E-state index is 12.0. The third-order valence-corrected chi connectivity index (χ3v) is 7.03. The Hall–Kier alpha value is -4.16. The Morgan fingerprint density at radius 1 is 0.919 bits per heavy atom. The van der Waals surface area contributed by atoms with Gasteiger partial charge in [0, 0.05) is 22.4 Å². The molecular formula is C30H26ClN3O3. The van der Waals surface area contributed by atoms with E-state index in [0.29, 0.717) is 33.7 Å². The van der Waals surface area contributed by atoms with Crippen LogP contribution in [0.5, 0.6) is 5.75 Å². The van der Waals surface area contributed by atoms with Crippen molar-refractivity contribution in [3.63, 3.8) is 0 Å². The number of hydrogen-bond acceptors (Lipinski definition) is 5. The number of aromatic hydroxyl groups is 1. The van der Waals surface area contributed by atoms with E-state index < -0.39 is 5.41 Å². The van der Waals surface area contributed by atoms with E-state index in [1.807, 2.05) is 48.5 Å². The zero-order valence-electron chi connectivity index (χ0n) is 20.6. The Kier molecular flexibility index (Phi) is 6.68. The van der Waals surface area contributed by atoms with Crippen molar-refractivity contribution in [1.29, 1.82) is 0 Å². The van der Waals surface area contributed by atoms with Crippen molar-refractivity contribution < 1.29 is 14.6 Å². The fourth-order valence-corrected chi connectivity index (χ4v) is 4.89. The van der Waals surface area contributed by atoms with E-state index in [-0.39, 0.29) is 18.1 Å². The second-order valence-electron chi connectivity index (χ2n) is 9.07. The molecule has 0 saturated heterocycles. The van der Waals surface area contributed by atoms with Crippen molar-refractivity contribution in [3.05, 3.63) is 118 Å². The standard InChI is InChI=1S/C30H26ClN3O3/c1-30(21-9-5-3-6-10-21,22-11-7-4-8-12-22)24-17-20(13-16-28(35)37-2)18-27(29(24)36)34-32-25-15-14-23(31)19-26(25)33-34/h3-12,14-15,17-19,36H,13,16H2,1-2H3. The van der Waals surface area contributed by atoms with Gasteiger partial charge >= 0.3 is 5.97 Å². The predicted molar refractivity (Wildman–Crippen MR) is 144 cm³/mol. The van der Waals surface area contributed by atoms with E-state index in [0.717, 1.165) is 16.7 Å². The van der Waals surface area contributed by atoms with Crippen LogP contribution in [0.3, 0.4) is 0 Å². The Morgan fingerprint density at radius 2 is 1.54 bits per heavy atom. The highest BCUT2D eigenvalue weighted by Gasteiger charge is 2.35. The normalized spacial score (nSPS) is 11.5. The summed E-state index contributed by atoms with van der Waals surface area (Å²) in [7, 11) is 1.38. The first kappa shape index (κ1) is 24.5. The number of fused-ring (bicyclic) bond motifs is 1.